The van der Waals surface area contributed by atoms with Gasteiger partial charge in [-0.1, -0.05) is 78.9 Å². The lowest BCUT2D eigenvalue weighted by Crippen LogP contribution is -2.37. The number of furan rings is 5. The number of H-pyrrole nitrogens is 4. The van der Waals surface area contributed by atoms with Crippen LogP contribution < -0.4 is 26.6 Å². The SMILES string of the molecule is O=C(Cc1cccs1)Nc1ccc2[nH]nc(-c3cc4ccccc4o3)c2c1F.O=C(Nc1ccc2[nH]nc(-c3cc4ccccc4o3)c2c1F)C1CC1.O=C(Nc1ccc2[nH]nc(-c3cc4ccccc4o3)c2c1F)c1ccco1.O=C1CC[C@@H](C(=O)Nc2ccc3[nH]nc(-c4cc5ccccc5o4)c3c2F)N1. The highest BCUT2D eigenvalue weighted by Crippen LogP contribution is 2.41. The fraction of sp³-hybridized carbons (Fsp3) is 0.0875. The van der Waals surface area contributed by atoms with E-state index in [1.54, 1.807) is 48.5 Å². The summed E-state index contributed by atoms with van der Waals surface area (Å²) in [6.45, 7) is 0. The van der Waals surface area contributed by atoms with Crippen molar-refractivity contribution in [1.29, 1.82) is 0 Å². The van der Waals surface area contributed by atoms with Crippen molar-refractivity contribution in [3.63, 3.8) is 0 Å². The Morgan fingerprint density at radius 3 is 1.18 bits per heavy atom. The van der Waals surface area contributed by atoms with Crippen LogP contribution in [0.25, 0.3) is 133 Å². The van der Waals surface area contributed by atoms with Gasteiger partial charge in [0.05, 0.1) is 79.0 Å². The molecule has 5 amide bonds. The van der Waals surface area contributed by atoms with E-state index in [0.29, 0.717) is 102 Å². The number of para-hydroxylation sites is 4. The van der Waals surface area contributed by atoms with Crippen LogP contribution in [0.3, 0.4) is 0 Å². The standard InChI is InChI=1S/C21H14FN3O2S.C20H15FN4O3.C20H12FN3O3.C19H14FN3O2/c22-20-15(23-18(26)11-13-5-3-9-28-13)8-7-14-19(20)21(25-24-14)17-10-12-4-1-2-6-16(12)27-17;21-18-12(23-20(27)13-7-8-16(26)22-13)6-5-11-17(18)19(25-24-11)15-9-10-3-1-2-4-14(10)28-15;21-18-13(22-20(25)15-6-3-9-26-15)8-7-12-17(18)19(24-23-12)16-10-11-4-1-2-5-14(11)27-16;20-17-13(21-19(24)10-5-6-10)8-7-12-16(17)18(23-22-12)15-9-11-3-1-2-4-14(11)25-15/h1-10H,11H2,(H,23,26)(H,24,25);1-6,9,13H,7-8H2,(H,22,26)(H,23,27)(H,24,25);1-10H,(H,22,25)(H,23,24);1-4,7-10H,5-6H2,(H,21,24)(H,22,23)/t;13-;;/m.0../s1. The highest BCUT2D eigenvalue weighted by Gasteiger charge is 2.32. The lowest BCUT2D eigenvalue weighted by Gasteiger charge is -2.12. The fourth-order valence-corrected chi connectivity index (χ4v) is 13.5. The molecule has 1 saturated heterocycles. The third-order valence-electron chi connectivity index (χ3n) is 18.3. The summed E-state index contributed by atoms with van der Waals surface area (Å²) in [4.78, 5) is 60.9. The van der Waals surface area contributed by atoms with Crippen LogP contribution in [-0.2, 0) is 25.6 Å². The quantitative estimate of drug-likeness (QED) is 0.0485. The molecule has 8 aromatic carbocycles. The van der Waals surface area contributed by atoms with E-state index in [2.05, 4.69) is 67.4 Å². The topological polar surface area (TPSA) is 326 Å². The number of amides is 5. The zero-order chi connectivity index (χ0) is 73.7. The van der Waals surface area contributed by atoms with Crippen LogP contribution in [0.15, 0.2) is 228 Å². The molecule has 2 fully saturated rings. The number of thiophene rings is 1. The lowest BCUT2D eigenvalue weighted by molar-refractivity contribution is -0.122. The molecule has 9 N–H and O–H groups in total. The van der Waals surface area contributed by atoms with Gasteiger partial charge in [0.1, 0.15) is 51.1 Å². The minimum absolute atomic E-state index is 0.00860. The summed E-state index contributed by atoms with van der Waals surface area (Å²) < 4.78 is 88.9. The van der Waals surface area contributed by atoms with Crippen LogP contribution in [0.1, 0.15) is 41.1 Å². The number of nitrogens with zero attached hydrogens (tertiary/aromatic N) is 4. The van der Waals surface area contributed by atoms with E-state index in [0.717, 1.165) is 39.3 Å². The number of fused-ring (bicyclic) bond motifs is 8. The summed E-state index contributed by atoms with van der Waals surface area (Å²) in [5, 5.41) is 47.7. The number of carbonyl (C=O) groups is 5. The number of aromatic nitrogens is 8. The Balaban J connectivity index is 0.000000106. The van der Waals surface area contributed by atoms with Crippen molar-refractivity contribution in [2.75, 3.05) is 21.3 Å². The van der Waals surface area contributed by atoms with E-state index in [1.807, 2.05) is 127 Å². The molecule has 1 aliphatic heterocycles. The highest BCUT2D eigenvalue weighted by atomic mass is 32.1. The van der Waals surface area contributed by atoms with E-state index < -0.39 is 41.1 Å². The van der Waals surface area contributed by atoms with E-state index >= 15 is 17.6 Å². The normalized spacial score (nSPS) is 13.4. The summed E-state index contributed by atoms with van der Waals surface area (Å²) >= 11 is 1.49. The van der Waals surface area contributed by atoms with E-state index in [4.69, 9.17) is 22.1 Å². The molecule has 10 aromatic heterocycles. The van der Waals surface area contributed by atoms with Gasteiger partial charge in [-0.3, -0.25) is 44.4 Å². The van der Waals surface area contributed by atoms with Gasteiger partial charge in [-0.25, -0.2) is 17.6 Å². The Kier molecular flexibility index (Phi) is 17.5. The van der Waals surface area contributed by atoms with Crippen molar-refractivity contribution in [2.24, 2.45) is 5.92 Å². The molecule has 23 nitrogen and oxygen atoms in total. The largest absolute Gasteiger partial charge is 0.459 e. The molecule has 534 valence electrons. The Hall–Kier alpha value is -14.2. The van der Waals surface area contributed by atoms with Crippen molar-refractivity contribution in [2.45, 2.75) is 38.1 Å². The molecule has 1 atom stereocenters. The molecule has 20 rings (SSSR count). The summed E-state index contributed by atoms with van der Waals surface area (Å²) in [6.07, 6.45) is 4.00. The maximum Gasteiger partial charge on any atom is 0.291 e. The number of carbonyl (C=O) groups excluding carboxylic acids is 5. The van der Waals surface area contributed by atoms with Crippen molar-refractivity contribution >= 4 is 151 Å². The zero-order valence-electron chi connectivity index (χ0n) is 56.1. The molecule has 0 spiro atoms. The number of aromatic amines is 4. The number of benzene rings is 8. The Morgan fingerprint density at radius 1 is 0.435 bits per heavy atom. The molecule has 18 aromatic rings. The van der Waals surface area contributed by atoms with Gasteiger partial charge in [0.2, 0.25) is 23.6 Å². The molecule has 0 radical (unpaired) electrons. The third-order valence-corrected chi connectivity index (χ3v) is 19.1. The minimum Gasteiger partial charge on any atom is -0.459 e. The first-order valence-electron chi connectivity index (χ1n) is 33.9. The van der Waals surface area contributed by atoms with Crippen molar-refractivity contribution in [3.8, 4) is 45.8 Å². The third kappa shape index (κ3) is 13.2. The van der Waals surface area contributed by atoms with Crippen LogP contribution in [-0.4, -0.2) is 76.4 Å². The number of hydrogen-bond donors (Lipinski definition) is 9. The minimum atomic E-state index is -0.651. The number of anilines is 4. The van der Waals surface area contributed by atoms with Gasteiger partial charge in [-0.15, -0.1) is 11.3 Å². The monoisotopic (exact) mass is 1470 g/mol. The average molecular weight is 1470 g/mol. The maximum atomic E-state index is 15.2. The Bertz CT molecular complexity index is 6390. The second-order valence-corrected chi connectivity index (χ2v) is 26.5. The Morgan fingerprint density at radius 2 is 0.824 bits per heavy atom. The molecule has 1 saturated carbocycles. The number of hydrogen-bond acceptors (Lipinski definition) is 15. The van der Waals surface area contributed by atoms with Gasteiger partial charge in [0.25, 0.3) is 5.91 Å². The zero-order valence-corrected chi connectivity index (χ0v) is 56.9. The molecule has 1 aliphatic carbocycles. The number of nitrogens with one attached hydrogen (secondary N) is 9. The first-order chi connectivity index (χ1) is 52.7. The van der Waals surface area contributed by atoms with Crippen molar-refractivity contribution in [3.05, 3.63) is 240 Å². The highest BCUT2D eigenvalue weighted by molar-refractivity contribution is 7.10. The van der Waals surface area contributed by atoms with Gasteiger partial charge >= 0.3 is 0 Å². The molecular weight excluding hydrogens is 1410 g/mol. The van der Waals surface area contributed by atoms with Gasteiger partial charge in [-0.2, -0.15) is 20.4 Å². The molecule has 28 heteroatoms. The van der Waals surface area contributed by atoms with Crippen LogP contribution >= 0.6 is 11.3 Å². The first-order valence-corrected chi connectivity index (χ1v) is 34.8. The number of rotatable bonds is 13. The summed E-state index contributed by atoms with van der Waals surface area (Å²) in [7, 11) is 0. The van der Waals surface area contributed by atoms with Gasteiger partial charge in [0, 0.05) is 38.8 Å². The number of halogens is 4. The summed E-state index contributed by atoms with van der Waals surface area (Å²) in [5.41, 5.74) is 6.63. The Labute approximate surface area is 608 Å². The molecular formula is C80H55F4N13O10S. The van der Waals surface area contributed by atoms with Gasteiger partial charge < -0.3 is 48.7 Å². The molecule has 2 aliphatic rings. The second kappa shape index (κ2) is 28.1. The predicted molar refractivity (Wildman–Crippen MR) is 400 cm³/mol. The average Bonchev–Trinajstić information content (AvgIpc) is 1.63. The van der Waals surface area contributed by atoms with E-state index in [9.17, 15) is 24.0 Å². The van der Waals surface area contributed by atoms with Crippen LogP contribution in [0.2, 0.25) is 0 Å². The smallest absolute Gasteiger partial charge is 0.291 e. The first kappa shape index (κ1) is 67.0. The van der Waals surface area contributed by atoms with Crippen molar-refractivity contribution < 1.29 is 63.6 Å². The molecule has 0 unspecified atom stereocenters. The maximum absolute atomic E-state index is 15.2. The summed E-state index contributed by atoms with van der Waals surface area (Å²) in [6, 6.07) is 56.2. The van der Waals surface area contributed by atoms with Gasteiger partial charge in [0.15, 0.2) is 52.1 Å². The summed E-state index contributed by atoms with van der Waals surface area (Å²) in [5.74, 6) is -1.90. The van der Waals surface area contributed by atoms with Crippen molar-refractivity contribution in [1.82, 2.24) is 46.1 Å². The van der Waals surface area contributed by atoms with E-state index in [-0.39, 0.29) is 81.1 Å². The molecule has 11 heterocycles. The molecule has 108 heavy (non-hydrogen) atoms. The molecule has 0 bridgehead atoms. The predicted octanol–water partition coefficient (Wildman–Crippen LogP) is 18.1. The van der Waals surface area contributed by atoms with Crippen LogP contribution in [0, 0.1) is 29.2 Å². The van der Waals surface area contributed by atoms with Crippen LogP contribution in [0.4, 0.5) is 40.3 Å². The lowest BCUT2D eigenvalue weighted by atomic mass is 10.1. The second-order valence-electron chi connectivity index (χ2n) is 25.4. The van der Waals surface area contributed by atoms with E-state index in [1.165, 1.54) is 41.9 Å². The van der Waals surface area contributed by atoms with Gasteiger partial charge in [-0.05, 0) is 140 Å². The fourth-order valence-electron chi connectivity index (χ4n) is 12.8. The van der Waals surface area contributed by atoms with Crippen LogP contribution in [0.5, 0.6) is 0 Å².